The van der Waals surface area contributed by atoms with Gasteiger partial charge in [-0.3, -0.25) is 24.0 Å². The molecule has 1 aliphatic heterocycles. The Bertz CT molecular complexity index is 907. The molecule has 2 rings (SSSR count). The fraction of sp³-hybridized carbons (Fsp3) is 0.650. The number of primary amides is 1. The van der Waals surface area contributed by atoms with E-state index in [0.717, 1.165) is 18.6 Å². The van der Waals surface area contributed by atoms with Crippen LogP contribution in [0.15, 0.2) is 6.20 Å². The average Bonchev–Trinajstić information content (AvgIpc) is 3.26. The Labute approximate surface area is 202 Å². The van der Waals surface area contributed by atoms with Crippen LogP contribution in [0.2, 0.25) is 0 Å². The molecule has 1 aromatic rings. The predicted octanol–water partition coefficient (Wildman–Crippen LogP) is -1.69. The Morgan fingerprint density at radius 2 is 1.82 bits per heavy atom. The molecule has 0 fully saturated rings. The quantitative estimate of drug-likeness (QED) is 0.200. The molecule has 34 heavy (non-hydrogen) atoms. The van der Waals surface area contributed by atoms with Crippen molar-refractivity contribution in [1.29, 1.82) is 0 Å². The molecule has 4 atom stereocenters. The van der Waals surface area contributed by atoms with Gasteiger partial charge < -0.3 is 27.0 Å². The van der Waals surface area contributed by atoms with Crippen molar-refractivity contribution in [2.24, 2.45) is 5.73 Å². The number of carbonyl (C=O) groups excluding carboxylic acids is 5. The number of hydrogen-bond donors (Lipinski definition) is 6. The molecule has 5 amide bonds. The highest BCUT2D eigenvalue weighted by atomic mass is 32.1. The number of nitrogens with zero attached hydrogens (tertiary/aromatic N) is 3. The van der Waals surface area contributed by atoms with Crippen molar-refractivity contribution in [2.45, 2.75) is 76.7 Å². The monoisotopic (exact) mass is 496 g/mol. The van der Waals surface area contributed by atoms with Crippen LogP contribution in [0.1, 0.15) is 57.7 Å². The Balaban J connectivity index is 2.25. The first-order valence-corrected chi connectivity index (χ1v) is 11.7. The summed E-state index contributed by atoms with van der Waals surface area (Å²) in [5.41, 5.74) is 5.74. The van der Waals surface area contributed by atoms with Gasteiger partial charge in [0.1, 0.15) is 29.9 Å². The molecule has 0 spiro atoms. The van der Waals surface area contributed by atoms with E-state index < -0.39 is 60.1 Å². The maximum absolute atomic E-state index is 12.8. The molecule has 0 radical (unpaired) electrons. The van der Waals surface area contributed by atoms with Crippen LogP contribution >= 0.6 is 12.6 Å². The number of rotatable bonds is 6. The van der Waals surface area contributed by atoms with E-state index in [0.29, 0.717) is 18.5 Å². The number of thiol groups is 1. The number of aromatic nitrogens is 3. The average molecular weight is 497 g/mol. The number of nitrogens with two attached hydrogens (primary N) is 1. The second-order valence-corrected chi connectivity index (χ2v) is 8.62. The molecule has 0 aliphatic carbocycles. The second kappa shape index (κ2) is 12.9. The normalized spacial score (nSPS) is 24.9. The van der Waals surface area contributed by atoms with Crippen molar-refractivity contribution in [1.82, 2.24) is 36.3 Å². The third-order valence-electron chi connectivity index (χ3n) is 5.38. The SMILES string of the molecule is C[C@H]1NC(=O)C[C@H](C(N)=O)NC(=O)[C@H](C)n2cc(nn2)CNC(=O)[C@H](CCCCCS)NC1=O. The molecule has 0 saturated carbocycles. The Morgan fingerprint density at radius 3 is 2.50 bits per heavy atom. The summed E-state index contributed by atoms with van der Waals surface area (Å²) in [5, 5.41) is 18.1. The molecule has 14 heteroatoms. The second-order valence-electron chi connectivity index (χ2n) is 8.17. The van der Waals surface area contributed by atoms with Crippen molar-refractivity contribution in [3.63, 3.8) is 0 Å². The lowest BCUT2D eigenvalue weighted by atomic mass is 10.1. The van der Waals surface area contributed by atoms with Crippen LogP contribution in [0.5, 0.6) is 0 Å². The molecule has 13 nitrogen and oxygen atoms in total. The largest absolute Gasteiger partial charge is 0.368 e. The minimum atomic E-state index is -1.29. The van der Waals surface area contributed by atoms with Crippen LogP contribution in [-0.4, -0.2) is 68.4 Å². The van der Waals surface area contributed by atoms with Crippen molar-refractivity contribution in [3.8, 4) is 0 Å². The van der Waals surface area contributed by atoms with Crippen LogP contribution < -0.4 is 27.0 Å². The first-order chi connectivity index (χ1) is 16.1. The van der Waals surface area contributed by atoms with Gasteiger partial charge in [0.15, 0.2) is 0 Å². The lowest BCUT2D eigenvalue weighted by molar-refractivity contribution is -0.133. The van der Waals surface area contributed by atoms with Crippen LogP contribution in [0.4, 0.5) is 0 Å². The molecule has 1 aromatic heterocycles. The van der Waals surface area contributed by atoms with Gasteiger partial charge in [-0.2, -0.15) is 12.6 Å². The minimum Gasteiger partial charge on any atom is -0.368 e. The standard InChI is InChI=1S/C20H32N8O5S/c1-11-18(31)24-14(6-4-3-5-7-34)20(33)22-9-13-10-28(27-26-13)12(2)19(32)25-15(17(21)30)8-16(29)23-11/h10-12,14-15,34H,3-9H2,1-2H3,(H2,21,30)(H,22,33)(H,23,29)(H,24,31)(H,25,32)/t11-,12+,14+,15-/m1/s1. The fourth-order valence-corrected chi connectivity index (χ4v) is 3.50. The van der Waals surface area contributed by atoms with E-state index in [9.17, 15) is 24.0 Å². The summed E-state index contributed by atoms with van der Waals surface area (Å²) in [4.78, 5) is 62.2. The Morgan fingerprint density at radius 1 is 1.09 bits per heavy atom. The Hall–Kier alpha value is -3.16. The van der Waals surface area contributed by atoms with Gasteiger partial charge in [-0.05, 0) is 32.4 Å². The van der Waals surface area contributed by atoms with Gasteiger partial charge in [0, 0.05) is 0 Å². The molecule has 0 unspecified atom stereocenters. The highest BCUT2D eigenvalue weighted by molar-refractivity contribution is 7.80. The van der Waals surface area contributed by atoms with Gasteiger partial charge in [0.2, 0.25) is 29.5 Å². The number of nitrogens with one attached hydrogen (secondary N) is 4. The van der Waals surface area contributed by atoms with Crippen LogP contribution in [0.3, 0.4) is 0 Å². The van der Waals surface area contributed by atoms with Crippen molar-refractivity contribution in [3.05, 3.63) is 11.9 Å². The van der Waals surface area contributed by atoms with Crippen LogP contribution in [0, 0.1) is 0 Å². The first-order valence-electron chi connectivity index (χ1n) is 11.1. The number of hydrogen-bond acceptors (Lipinski definition) is 8. The zero-order chi connectivity index (χ0) is 25.3. The number of amides is 5. The third kappa shape index (κ3) is 8.01. The number of carbonyl (C=O) groups is 5. The molecule has 2 heterocycles. The van der Waals surface area contributed by atoms with E-state index in [2.05, 4.69) is 44.2 Å². The van der Waals surface area contributed by atoms with E-state index in [1.165, 1.54) is 24.7 Å². The van der Waals surface area contributed by atoms with E-state index in [4.69, 9.17) is 5.73 Å². The zero-order valence-electron chi connectivity index (χ0n) is 19.2. The van der Waals surface area contributed by atoms with Crippen molar-refractivity contribution in [2.75, 3.05) is 5.75 Å². The molecular weight excluding hydrogens is 464 g/mol. The highest BCUT2D eigenvalue weighted by Gasteiger charge is 2.28. The topological polar surface area (TPSA) is 190 Å². The molecule has 0 saturated heterocycles. The van der Waals surface area contributed by atoms with Gasteiger partial charge >= 0.3 is 0 Å². The molecule has 6 N–H and O–H groups in total. The minimum absolute atomic E-state index is 0.0341. The summed E-state index contributed by atoms with van der Waals surface area (Å²) in [7, 11) is 0. The highest BCUT2D eigenvalue weighted by Crippen LogP contribution is 2.09. The fourth-order valence-electron chi connectivity index (χ4n) is 3.27. The van der Waals surface area contributed by atoms with E-state index in [-0.39, 0.29) is 6.54 Å². The molecule has 0 aromatic carbocycles. The summed E-state index contributed by atoms with van der Waals surface area (Å²) >= 11 is 4.18. The zero-order valence-corrected chi connectivity index (χ0v) is 20.1. The van der Waals surface area contributed by atoms with Crippen molar-refractivity contribution < 1.29 is 24.0 Å². The maximum atomic E-state index is 12.8. The lowest BCUT2D eigenvalue weighted by Gasteiger charge is -2.22. The Kier molecular flexibility index (Phi) is 10.3. The van der Waals surface area contributed by atoms with E-state index in [1.54, 1.807) is 0 Å². The first kappa shape index (κ1) is 27.1. The smallest absolute Gasteiger partial charge is 0.245 e. The maximum Gasteiger partial charge on any atom is 0.245 e. The predicted molar refractivity (Wildman–Crippen MR) is 124 cm³/mol. The van der Waals surface area contributed by atoms with Gasteiger partial charge in [-0.25, -0.2) is 4.68 Å². The summed E-state index contributed by atoms with van der Waals surface area (Å²) in [6, 6.07) is -3.96. The molecule has 2 bridgehead atoms. The molecular formula is C20H32N8O5S. The van der Waals surface area contributed by atoms with Gasteiger partial charge in [0.05, 0.1) is 19.2 Å². The summed E-state index contributed by atoms with van der Waals surface area (Å²) < 4.78 is 1.27. The van der Waals surface area contributed by atoms with E-state index >= 15 is 0 Å². The molecule has 188 valence electrons. The van der Waals surface area contributed by atoms with Crippen LogP contribution in [-0.2, 0) is 30.5 Å². The van der Waals surface area contributed by atoms with Gasteiger partial charge in [-0.15, -0.1) is 5.10 Å². The van der Waals surface area contributed by atoms with E-state index in [1.807, 2.05) is 0 Å². The number of fused-ring (bicyclic) bond motifs is 2. The van der Waals surface area contributed by atoms with Gasteiger partial charge in [0.25, 0.3) is 0 Å². The summed E-state index contributed by atoms with van der Waals surface area (Å²) in [6.07, 6.45) is 3.85. The van der Waals surface area contributed by atoms with Gasteiger partial charge in [-0.1, -0.05) is 18.1 Å². The summed E-state index contributed by atoms with van der Waals surface area (Å²) in [5.74, 6) is -2.41. The molecule has 1 aliphatic rings. The third-order valence-corrected chi connectivity index (χ3v) is 5.70. The number of unbranched alkanes of at least 4 members (excludes halogenated alkanes) is 2. The summed E-state index contributed by atoms with van der Waals surface area (Å²) in [6.45, 7) is 3.02. The lowest BCUT2D eigenvalue weighted by Crippen LogP contribution is -2.54. The van der Waals surface area contributed by atoms with Crippen LogP contribution in [0.25, 0.3) is 0 Å². The van der Waals surface area contributed by atoms with Crippen molar-refractivity contribution >= 4 is 42.2 Å².